The average Bonchev–Trinajstić information content (AvgIpc) is 2.51. The second kappa shape index (κ2) is 11.9. The van der Waals surface area contributed by atoms with Gasteiger partial charge in [0.25, 0.3) is 0 Å². The lowest BCUT2D eigenvalue weighted by molar-refractivity contribution is 0.0695. The fraction of sp³-hybridized carbons (Fsp3) is 0.833. The number of nitrogens with one attached hydrogen (secondary N) is 1. The summed E-state index contributed by atoms with van der Waals surface area (Å²) in [4.78, 5) is 0. The van der Waals surface area contributed by atoms with Crippen LogP contribution in [0.1, 0.15) is 93.9 Å². The summed E-state index contributed by atoms with van der Waals surface area (Å²) in [7, 11) is 0. The van der Waals surface area contributed by atoms with Crippen molar-refractivity contribution in [2.45, 2.75) is 106 Å². The molecule has 0 fully saturated rings. The van der Waals surface area contributed by atoms with Crippen LogP contribution in [0.2, 0.25) is 0 Å². The van der Waals surface area contributed by atoms with Gasteiger partial charge in [-0.3, -0.25) is 0 Å². The summed E-state index contributed by atoms with van der Waals surface area (Å²) in [5.74, 6) is 2.08. The second-order valence-corrected chi connectivity index (χ2v) is 9.04. The van der Waals surface area contributed by atoms with Gasteiger partial charge in [-0.15, -0.1) is 13.2 Å². The van der Waals surface area contributed by atoms with Gasteiger partial charge in [0.15, 0.2) is 0 Å². The van der Waals surface area contributed by atoms with Crippen molar-refractivity contribution in [3.05, 3.63) is 24.8 Å². The van der Waals surface area contributed by atoms with E-state index in [2.05, 4.69) is 79.9 Å². The Labute approximate surface area is 159 Å². The van der Waals surface area contributed by atoms with E-state index in [0.29, 0.717) is 29.8 Å². The summed E-state index contributed by atoms with van der Waals surface area (Å²) in [5.41, 5.74) is 1.58. The zero-order valence-corrected chi connectivity index (χ0v) is 18.6. The third kappa shape index (κ3) is 8.11. The van der Waals surface area contributed by atoms with E-state index in [0.717, 1.165) is 12.8 Å². The Morgan fingerprint density at radius 3 is 2.12 bits per heavy atom. The minimum absolute atomic E-state index is 0.274. The van der Waals surface area contributed by atoms with Crippen molar-refractivity contribution in [2.75, 3.05) is 0 Å². The molecule has 0 rings (SSSR count). The maximum Gasteiger partial charge on any atom is 0.00774 e. The van der Waals surface area contributed by atoms with E-state index in [1.54, 1.807) is 0 Å². The lowest BCUT2D eigenvalue weighted by Gasteiger charge is -2.46. The number of rotatable bonds is 14. The summed E-state index contributed by atoms with van der Waals surface area (Å²) in [6.45, 7) is 27.1. The predicted octanol–water partition coefficient (Wildman–Crippen LogP) is 7.39. The highest BCUT2D eigenvalue weighted by molar-refractivity contribution is 5.02. The van der Waals surface area contributed by atoms with Crippen LogP contribution in [0.4, 0.5) is 0 Å². The largest absolute Gasteiger partial charge is 0.311 e. The molecule has 0 aliphatic heterocycles. The molecule has 0 aromatic carbocycles. The Bertz CT molecular complexity index is 386. The molecule has 148 valence electrons. The molecular weight excluding hydrogens is 302 g/mol. The van der Waals surface area contributed by atoms with Crippen LogP contribution in [0.15, 0.2) is 24.8 Å². The van der Waals surface area contributed by atoms with E-state index in [-0.39, 0.29) is 5.41 Å². The zero-order valence-electron chi connectivity index (χ0n) is 18.6. The van der Waals surface area contributed by atoms with Crippen molar-refractivity contribution in [1.29, 1.82) is 0 Å². The molecule has 1 heteroatoms. The standard InChI is InChI=1S/C24H47N/c1-11-14-16-24(10,17-18(4)5)23(20(7)15-12-2)22(9)25-21(8)19(6)13-3/h11,19-23,25H,1,4,12-17H2,2-3,5-10H3. The predicted molar refractivity (Wildman–Crippen MR) is 116 cm³/mol. The Balaban J connectivity index is 5.58. The molecule has 0 heterocycles. The second-order valence-electron chi connectivity index (χ2n) is 9.04. The van der Waals surface area contributed by atoms with E-state index in [1.807, 2.05) is 0 Å². The summed E-state index contributed by atoms with van der Waals surface area (Å²) >= 11 is 0. The van der Waals surface area contributed by atoms with Gasteiger partial charge in [-0.1, -0.05) is 65.5 Å². The van der Waals surface area contributed by atoms with Gasteiger partial charge in [0.05, 0.1) is 0 Å². The molecule has 0 saturated heterocycles. The Hall–Kier alpha value is -0.560. The van der Waals surface area contributed by atoms with Crippen LogP contribution >= 0.6 is 0 Å². The van der Waals surface area contributed by atoms with E-state index in [4.69, 9.17) is 0 Å². The minimum atomic E-state index is 0.274. The van der Waals surface area contributed by atoms with Crippen LogP contribution < -0.4 is 5.32 Å². The molecule has 0 saturated carbocycles. The summed E-state index contributed by atoms with van der Waals surface area (Å²) in [6, 6.07) is 1.07. The SMILES string of the molecule is C=CCCC(C)(CC(=C)C)C(C(C)CCC)C(C)NC(C)C(C)CC. The number of hydrogen-bond acceptors (Lipinski definition) is 1. The Morgan fingerprint density at radius 2 is 1.68 bits per heavy atom. The van der Waals surface area contributed by atoms with Gasteiger partial charge in [0, 0.05) is 12.1 Å². The van der Waals surface area contributed by atoms with E-state index < -0.39 is 0 Å². The summed E-state index contributed by atoms with van der Waals surface area (Å²) in [6.07, 6.45) is 9.28. The van der Waals surface area contributed by atoms with Crippen LogP contribution in [-0.2, 0) is 0 Å². The van der Waals surface area contributed by atoms with Crippen LogP contribution in [0.5, 0.6) is 0 Å². The van der Waals surface area contributed by atoms with Crippen molar-refractivity contribution in [2.24, 2.45) is 23.2 Å². The monoisotopic (exact) mass is 349 g/mol. The molecule has 1 nitrogen and oxygen atoms in total. The quantitative estimate of drug-likeness (QED) is 0.322. The average molecular weight is 350 g/mol. The highest BCUT2D eigenvalue weighted by Crippen LogP contribution is 2.45. The fourth-order valence-electron chi connectivity index (χ4n) is 4.95. The maximum absolute atomic E-state index is 4.25. The lowest BCUT2D eigenvalue weighted by Crippen LogP contribution is -2.50. The first-order chi connectivity index (χ1) is 11.6. The molecule has 1 N–H and O–H groups in total. The molecule has 0 amide bonds. The molecule has 0 aromatic heterocycles. The minimum Gasteiger partial charge on any atom is -0.311 e. The maximum atomic E-state index is 4.25. The van der Waals surface area contributed by atoms with Gasteiger partial charge in [-0.2, -0.15) is 0 Å². The highest BCUT2D eigenvalue weighted by atomic mass is 15.0. The van der Waals surface area contributed by atoms with Crippen molar-refractivity contribution in [1.82, 2.24) is 5.32 Å². The molecule has 0 aliphatic carbocycles. The lowest BCUT2D eigenvalue weighted by atomic mass is 9.62. The molecule has 6 atom stereocenters. The van der Waals surface area contributed by atoms with Crippen LogP contribution in [0.3, 0.4) is 0 Å². The summed E-state index contributed by atoms with van der Waals surface area (Å²) < 4.78 is 0. The normalized spacial score (nSPS) is 20.2. The van der Waals surface area contributed by atoms with Crippen LogP contribution in [-0.4, -0.2) is 12.1 Å². The van der Waals surface area contributed by atoms with Gasteiger partial charge >= 0.3 is 0 Å². The molecule has 0 bridgehead atoms. The smallest absolute Gasteiger partial charge is 0.00774 e. The fourth-order valence-corrected chi connectivity index (χ4v) is 4.95. The first-order valence-corrected chi connectivity index (χ1v) is 10.6. The van der Waals surface area contributed by atoms with E-state index in [1.165, 1.54) is 31.3 Å². The summed E-state index contributed by atoms with van der Waals surface area (Å²) in [5, 5.41) is 3.97. The first-order valence-electron chi connectivity index (χ1n) is 10.6. The highest BCUT2D eigenvalue weighted by Gasteiger charge is 2.40. The van der Waals surface area contributed by atoms with Crippen molar-refractivity contribution in [3.63, 3.8) is 0 Å². The van der Waals surface area contributed by atoms with Gasteiger partial charge in [-0.25, -0.2) is 0 Å². The Morgan fingerprint density at radius 1 is 1.08 bits per heavy atom. The van der Waals surface area contributed by atoms with Gasteiger partial charge in [-0.05, 0) is 63.2 Å². The molecular formula is C24H47N. The molecule has 0 radical (unpaired) electrons. The van der Waals surface area contributed by atoms with E-state index in [9.17, 15) is 0 Å². The topological polar surface area (TPSA) is 12.0 Å². The van der Waals surface area contributed by atoms with Crippen molar-refractivity contribution in [3.8, 4) is 0 Å². The van der Waals surface area contributed by atoms with Crippen LogP contribution in [0.25, 0.3) is 0 Å². The van der Waals surface area contributed by atoms with Crippen molar-refractivity contribution < 1.29 is 0 Å². The van der Waals surface area contributed by atoms with Gasteiger partial charge in [0.2, 0.25) is 0 Å². The first kappa shape index (κ1) is 24.4. The molecule has 0 spiro atoms. The number of hydrogen-bond donors (Lipinski definition) is 1. The number of allylic oxidation sites excluding steroid dienone is 2. The molecule has 0 aromatic rings. The molecule has 6 unspecified atom stereocenters. The van der Waals surface area contributed by atoms with E-state index >= 15 is 0 Å². The van der Waals surface area contributed by atoms with Gasteiger partial charge in [0.1, 0.15) is 0 Å². The third-order valence-electron chi connectivity index (χ3n) is 6.35. The van der Waals surface area contributed by atoms with Crippen LogP contribution in [0, 0.1) is 23.2 Å². The zero-order chi connectivity index (χ0) is 19.6. The Kier molecular flexibility index (Phi) is 11.7. The molecule has 0 aliphatic rings. The third-order valence-corrected chi connectivity index (χ3v) is 6.35. The molecule has 25 heavy (non-hydrogen) atoms. The van der Waals surface area contributed by atoms with Crippen molar-refractivity contribution >= 4 is 0 Å². The van der Waals surface area contributed by atoms with Gasteiger partial charge < -0.3 is 5.32 Å².